The zero-order valence-corrected chi connectivity index (χ0v) is 11.3. The standard InChI is InChI=1S/C14H19N5O/c15-8-3-1-2-7-13(20)18-12-6-4-9-16-14(12)19-11-5-10-17-19/h4-6,9-11H,1-3,7-8,15H2,(H,18,20). The van der Waals surface area contributed by atoms with Gasteiger partial charge in [-0.2, -0.15) is 5.10 Å². The van der Waals surface area contributed by atoms with Gasteiger partial charge in [0.15, 0.2) is 5.82 Å². The highest BCUT2D eigenvalue weighted by molar-refractivity contribution is 5.92. The highest BCUT2D eigenvalue weighted by Gasteiger charge is 2.09. The zero-order chi connectivity index (χ0) is 14.2. The van der Waals surface area contributed by atoms with Gasteiger partial charge in [-0.25, -0.2) is 9.67 Å². The van der Waals surface area contributed by atoms with Gasteiger partial charge < -0.3 is 11.1 Å². The van der Waals surface area contributed by atoms with E-state index < -0.39 is 0 Å². The second kappa shape index (κ2) is 7.40. The summed E-state index contributed by atoms with van der Waals surface area (Å²) in [5, 5.41) is 7.01. The molecule has 6 heteroatoms. The van der Waals surface area contributed by atoms with Crippen molar-refractivity contribution in [1.82, 2.24) is 14.8 Å². The van der Waals surface area contributed by atoms with Gasteiger partial charge in [-0.1, -0.05) is 6.42 Å². The predicted octanol–water partition coefficient (Wildman–Crippen LogP) is 1.72. The third kappa shape index (κ3) is 3.89. The van der Waals surface area contributed by atoms with Gasteiger partial charge >= 0.3 is 0 Å². The van der Waals surface area contributed by atoms with Crippen LogP contribution in [0.1, 0.15) is 25.7 Å². The summed E-state index contributed by atoms with van der Waals surface area (Å²) < 4.78 is 1.63. The van der Waals surface area contributed by atoms with Crippen molar-refractivity contribution in [3.8, 4) is 5.82 Å². The van der Waals surface area contributed by atoms with E-state index in [-0.39, 0.29) is 5.91 Å². The van der Waals surface area contributed by atoms with Crippen LogP contribution in [0, 0.1) is 0 Å². The molecule has 20 heavy (non-hydrogen) atoms. The molecule has 106 valence electrons. The maximum atomic E-state index is 11.9. The highest BCUT2D eigenvalue weighted by atomic mass is 16.1. The molecule has 0 radical (unpaired) electrons. The predicted molar refractivity (Wildman–Crippen MR) is 77.5 cm³/mol. The van der Waals surface area contributed by atoms with Crippen LogP contribution >= 0.6 is 0 Å². The first-order chi connectivity index (χ1) is 9.81. The molecule has 0 spiro atoms. The first kappa shape index (κ1) is 14.2. The fourth-order valence-electron chi connectivity index (χ4n) is 1.89. The first-order valence-electron chi connectivity index (χ1n) is 6.76. The summed E-state index contributed by atoms with van der Waals surface area (Å²) >= 11 is 0. The maximum Gasteiger partial charge on any atom is 0.224 e. The van der Waals surface area contributed by atoms with Crippen molar-refractivity contribution in [2.24, 2.45) is 5.73 Å². The minimum Gasteiger partial charge on any atom is -0.330 e. The van der Waals surface area contributed by atoms with Crippen molar-refractivity contribution in [2.75, 3.05) is 11.9 Å². The molecule has 0 fully saturated rings. The van der Waals surface area contributed by atoms with E-state index in [1.807, 2.05) is 12.1 Å². The van der Waals surface area contributed by atoms with Crippen molar-refractivity contribution >= 4 is 11.6 Å². The normalized spacial score (nSPS) is 10.4. The molecule has 0 atom stereocenters. The van der Waals surface area contributed by atoms with Crippen LogP contribution < -0.4 is 11.1 Å². The summed E-state index contributed by atoms with van der Waals surface area (Å²) in [6.45, 7) is 0.674. The molecule has 1 amide bonds. The molecule has 6 nitrogen and oxygen atoms in total. The molecule has 2 aromatic heterocycles. The van der Waals surface area contributed by atoms with Gasteiger partial charge in [-0.3, -0.25) is 4.79 Å². The van der Waals surface area contributed by atoms with Crippen molar-refractivity contribution < 1.29 is 4.79 Å². The number of nitrogens with zero attached hydrogens (tertiary/aromatic N) is 3. The summed E-state index contributed by atoms with van der Waals surface area (Å²) in [5.41, 5.74) is 6.09. The van der Waals surface area contributed by atoms with Gasteiger partial charge in [0.2, 0.25) is 5.91 Å². The molecule has 2 rings (SSSR count). The Morgan fingerprint density at radius 3 is 2.90 bits per heavy atom. The summed E-state index contributed by atoms with van der Waals surface area (Å²) in [6, 6.07) is 5.42. The quantitative estimate of drug-likeness (QED) is 0.752. The number of hydrogen-bond acceptors (Lipinski definition) is 4. The van der Waals surface area contributed by atoms with Crippen LogP contribution in [0.5, 0.6) is 0 Å². The van der Waals surface area contributed by atoms with Crippen molar-refractivity contribution in [3.05, 3.63) is 36.8 Å². The lowest BCUT2D eigenvalue weighted by Gasteiger charge is -2.09. The minimum atomic E-state index is -0.0107. The third-order valence-corrected chi connectivity index (χ3v) is 2.89. The van der Waals surface area contributed by atoms with Crippen LogP contribution in [-0.2, 0) is 4.79 Å². The summed E-state index contributed by atoms with van der Waals surface area (Å²) in [7, 11) is 0. The smallest absolute Gasteiger partial charge is 0.224 e. The monoisotopic (exact) mass is 273 g/mol. The molecule has 2 aromatic rings. The van der Waals surface area contributed by atoms with E-state index in [4.69, 9.17) is 5.73 Å². The lowest BCUT2D eigenvalue weighted by atomic mass is 10.2. The first-order valence-corrected chi connectivity index (χ1v) is 6.76. The van der Waals surface area contributed by atoms with E-state index in [0.717, 1.165) is 19.3 Å². The minimum absolute atomic E-state index is 0.0107. The van der Waals surface area contributed by atoms with E-state index in [1.54, 1.807) is 29.3 Å². The average Bonchev–Trinajstić information content (AvgIpc) is 2.98. The lowest BCUT2D eigenvalue weighted by Crippen LogP contribution is -2.14. The number of unbranched alkanes of at least 4 members (excludes halogenated alkanes) is 2. The van der Waals surface area contributed by atoms with E-state index in [1.165, 1.54) is 0 Å². The molecule has 3 N–H and O–H groups in total. The van der Waals surface area contributed by atoms with Gasteiger partial charge in [-0.15, -0.1) is 0 Å². The molecule has 0 aliphatic carbocycles. The molecule has 0 aliphatic rings. The van der Waals surface area contributed by atoms with Crippen molar-refractivity contribution in [1.29, 1.82) is 0 Å². The second-order valence-electron chi connectivity index (χ2n) is 4.47. The van der Waals surface area contributed by atoms with Gasteiger partial charge in [0, 0.05) is 25.0 Å². The van der Waals surface area contributed by atoms with Crippen molar-refractivity contribution in [2.45, 2.75) is 25.7 Å². The van der Waals surface area contributed by atoms with Crippen LogP contribution in [0.4, 0.5) is 5.69 Å². The number of nitrogens with one attached hydrogen (secondary N) is 1. The molecule has 2 heterocycles. The van der Waals surface area contributed by atoms with Gasteiger partial charge in [0.25, 0.3) is 0 Å². The Kier molecular flexibility index (Phi) is 5.25. The molecular weight excluding hydrogens is 254 g/mol. The van der Waals surface area contributed by atoms with Crippen molar-refractivity contribution in [3.63, 3.8) is 0 Å². The average molecular weight is 273 g/mol. The molecule has 0 bridgehead atoms. The fraction of sp³-hybridized carbons (Fsp3) is 0.357. The molecule has 0 unspecified atom stereocenters. The number of rotatable bonds is 7. The van der Waals surface area contributed by atoms with Crippen LogP contribution in [0.25, 0.3) is 5.82 Å². The number of nitrogens with two attached hydrogens (primary N) is 1. The molecular formula is C14H19N5O. The fourth-order valence-corrected chi connectivity index (χ4v) is 1.89. The topological polar surface area (TPSA) is 85.8 Å². The Hall–Kier alpha value is -2.21. The number of aromatic nitrogens is 3. The molecule has 0 aliphatic heterocycles. The van der Waals surface area contributed by atoms with Crippen LogP contribution in [-0.4, -0.2) is 27.2 Å². The lowest BCUT2D eigenvalue weighted by molar-refractivity contribution is -0.116. The largest absolute Gasteiger partial charge is 0.330 e. The number of anilines is 1. The van der Waals surface area contributed by atoms with Gasteiger partial charge in [0.1, 0.15) is 0 Å². The van der Waals surface area contributed by atoms with E-state index in [0.29, 0.717) is 24.5 Å². The summed E-state index contributed by atoms with van der Waals surface area (Å²) in [4.78, 5) is 16.2. The Bertz CT molecular complexity index is 538. The SMILES string of the molecule is NCCCCCC(=O)Nc1cccnc1-n1cccn1. The van der Waals surface area contributed by atoms with E-state index in [2.05, 4.69) is 15.4 Å². The highest BCUT2D eigenvalue weighted by Crippen LogP contribution is 2.16. The van der Waals surface area contributed by atoms with E-state index in [9.17, 15) is 4.79 Å². The Balaban J connectivity index is 1.97. The zero-order valence-electron chi connectivity index (χ0n) is 11.3. The van der Waals surface area contributed by atoms with Gasteiger partial charge in [0.05, 0.1) is 5.69 Å². The Morgan fingerprint density at radius 2 is 2.15 bits per heavy atom. The second-order valence-corrected chi connectivity index (χ2v) is 4.47. The van der Waals surface area contributed by atoms with Crippen LogP contribution in [0.3, 0.4) is 0 Å². The van der Waals surface area contributed by atoms with Crippen LogP contribution in [0.2, 0.25) is 0 Å². The number of hydrogen-bond donors (Lipinski definition) is 2. The number of carbonyl (C=O) groups is 1. The molecule has 0 saturated heterocycles. The maximum absolute atomic E-state index is 11.9. The van der Waals surface area contributed by atoms with Crippen LogP contribution in [0.15, 0.2) is 36.8 Å². The Morgan fingerprint density at radius 1 is 1.25 bits per heavy atom. The summed E-state index contributed by atoms with van der Waals surface area (Å²) in [6.07, 6.45) is 8.41. The number of pyridine rings is 1. The number of carbonyl (C=O) groups excluding carboxylic acids is 1. The van der Waals surface area contributed by atoms with Gasteiger partial charge in [-0.05, 0) is 37.6 Å². The Labute approximate surface area is 118 Å². The van der Waals surface area contributed by atoms with E-state index >= 15 is 0 Å². The molecule has 0 aromatic carbocycles. The number of amides is 1. The third-order valence-electron chi connectivity index (χ3n) is 2.89. The molecule has 0 saturated carbocycles. The summed E-state index contributed by atoms with van der Waals surface area (Å²) in [5.74, 6) is 0.608.